The van der Waals surface area contributed by atoms with Crippen LogP contribution in [0.1, 0.15) is 49.7 Å². The number of nitrogens with zero attached hydrogens (tertiary/aromatic N) is 1. The molecule has 1 amide bonds. The van der Waals surface area contributed by atoms with Crippen LogP contribution in [0.15, 0.2) is 47.4 Å². The van der Waals surface area contributed by atoms with Gasteiger partial charge in [0.05, 0.1) is 16.7 Å². The predicted octanol–water partition coefficient (Wildman–Crippen LogP) is 5.01. The first kappa shape index (κ1) is 25.5. The summed E-state index contributed by atoms with van der Waals surface area (Å²) < 4.78 is 34.0. The lowest BCUT2D eigenvalue weighted by Gasteiger charge is -2.26. The Morgan fingerprint density at radius 1 is 1.09 bits per heavy atom. The molecule has 0 spiro atoms. The highest BCUT2D eigenvalue weighted by atomic mass is 35.5. The summed E-state index contributed by atoms with van der Waals surface area (Å²) in [5.74, 6) is -0.363. The Balaban J connectivity index is 1.66. The third kappa shape index (κ3) is 7.19. The average molecular weight is 493 g/mol. The molecule has 1 aliphatic rings. The minimum Gasteiger partial charge on any atom is -0.378 e. The summed E-state index contributed by atoms with van der Waals surface area (Å²) in [4.78, 5) is 12.9. The first-order chi connectivity index (χ1) is 15.8. The summed E-state index contributed by atoms with van der Waals surface area (Å²) >= 11 is 6.07. The molecule has 3 rings (SSSR count). The van der Waals surface area contributed by atoms with E-state index in [0.717, 1.165) is 22.7 Å². The van der Waals surface area contributed by atoms with Gasteiger partial charge < -0.3 is 10.1 Å². The number of carbonyl (C=O) groups is 1. The molecule has 2 aromatic carbocycles. The number of ether oxygens (including phenoxy) is 1. The number of aryl methyl sites for hydroxylation is 2. The van der Waals surface area contributed by atoms with E-state index in [1.54, 1.807) is 49.4 Å². The normalized spacial score (nSPS) is 14.8. The number of sulfonamides is 1. The Morgan fingerprint density at radius 2 is 1.79 bits per heavy atom. The molecule has 1 fully saturated rings. The highest BCUT2D eigenvalue weighted by Gasteiger charge is 2.28. The molecule has 0 aliphatic heterocycles. The number of carbonyl (C=O) groups excluding carboxylic acids is 1. The van der Waals surface area contributed by atoms with E-state index in [4.69, 9.17) is 16.3 Å². The van der Waals surface area contributed by atoms with Crippen LogP contribution in [0.25, 0.3) is 0 Å². The maximum atomic E-state index is 13.5. The number of hydrogen-bond donors (Lipinski definition) is 1. The number of amides is 1. The SMILES string of the molecule is Cc1ccc(S(=O)(=O)N(CC(=O)NCCCOC2CCCCC2)c2ccc(Cl)cc2C)cc1. The van der Waals surface area contributed by atoms with Crippen molar-refractivity contribution >= 4 is 33.2 Å². The van der Waals surface area contributed by atoms with Gasteiger partial charge in [-0.2, -0.15) is 0 Å². The topological polar surface area (TPSA) is 75.7 Å². The molecule has 8 heteroatoms. The maximum Gasteiger partial charge on any atom is 0.264 e. The van der Waals surface area contributed by atoms with Crippen molar-refractivity contribution in [2.45, 2.75) is 63.4 Å². The number of benzene rings is 2. The Hall–Kier alpha value is -2.09. The fourth-order valence-corrected chi connectivity index (χ4v) is 5.72. The molecule has 0 saturated heterocycles. The fraction of sp³-hybridized carbons (Fsp3) is 0.480. The summed E-state index contributed by atoms with van der Waals surface area (Å²) in [7, 11) is -3.95. The van der Waals surface area contributed by atoms with Crippen LogP contribution in [0.3, 0.4) is 0 Å². The van der Waals surface area contributed by atoms with Crippen molar-refractivity contribution in [1.82, 2.24) is 5.32 Å². The number of nitrogens with one attached hydrogen (secondary N) is 1. The quantitative estimate of drug-likeness (QED) is 0.473. The van der Waals surface area contributed by atoms with Gasteiger partial charge in [-0.05, 0) is 69.0 Å². The largest absolute Gasteiger partial charge is 0.378 e. The van der Waals surface area contributed by atoms with Crippen molar-refractivity contribution in [3.8, 4) is 0 Å². The molecule has 33 heavy (non-hydrogen) atoms. The molecule has 1 saturated carbocycles. The second kappa shape index (κ2) is 11.9. The molecule has 0 atom stereocenters. The van der Waals surface area contributed by atoms with Crippen LogP contribution in [0.4, 0.5) is 5.69 Å². The molecule has 0 aromatic heterocycles. The zero-order valence-corrected chi connectivity index (χ0v) is 20.9. The number of halogens is 1. The van der Waals surface area contributed by atoms with Crippen molar-refractivity contribution in [3.63, 3.8) is 0 Å². The van der Waals surface area contributed by atoms with E-state index >= 15 is 0 Å². The number of hydrogen-bond acceptors (Lipinski definition) is 4. The van der Waals surface area contributed by atoms with Crippen LogP contribution in [-0.2, 0) is 19.6 Å². The summed E-state index contributed by atoms with van der Waals surface area (Å²) in [5, 5.41) is 3.34. The molecular formula is C25H33ClN2O4S. The third-order valence-corrected chi connectivity index (χ3v) is 7.88. The molecule has 0 heterocycles. The molecular weight excluding hydrogens is 460 g/mol. The van der Waals surface area contributed by atoms with Crippen LogP contribution in [-0.4, -0.2) is 40.1 Å². The molecule has 0 radical (unpaired) electrons. The van der Waals surface area contributed by atoms with Crippen molar-refractivity contribution in [2.75, 3.05) is 24.0 Å². The monoisotopic (exact) mass is 492 g/mol. The van der Waals surface area contributed by atoms with E-state index in [2.05, 4.69) is 5.32 Å². The standard InChI is InChI=1S/C25H33ClN2O4S/c1-19-9-12-23(13-10-19)33(30,31)28(24-14-11-21(26)17-20(24)2)18-25(29)27-15-6-16-32-22-7-4-3-5-8-22/h9-14,17,22H,3-8,15-16,18H2,1-2H3,(H,27,29). The van der Waals surface area contributed by atoms with Crippen molar-refractivity contribution in [1.29, 1.82) is 0 Å². The van der Waals surface area contributed by atoms with Gasteiger partial charge in [0.15, 0.2) is 0 Å². The van der Waals surface area contributed by atoms with E-state index in [9.17, 15) is 13.2 Å². The Kier molecular flexibility index (Phi) is 9.18. The van der Waals surface area contributed by atoms with Crippen molar-refractivity contribution in [2.24, 2.45) is 0 Å². The minimum absolute atomic E-state index is 0.135. The van der Waals surface area contributed by atoms with Gasteiger partial charge in [-0.3, -0.25) is 9.10 Å². The second-order valence-electron chi connectivity index (χ2n) is 8.59. The molecule has 6 nitrogen and oxygen atoms in total. The predicted molar refractivity (Wildman–Crippen MR) is 132 cm³/mol. The first-order valence-corrected chi connectivity index (χ1v) is 13.3. The van der Waals surface area contributed by atoms with Crippen molar-refractivity contribution in [3.05, 3.63) is 58.6 Å². The van der Waals surface area contributed by atoms with Crippen LogP contribution < -0.4 is 9.62 Å². The maximum absolute atomic E-state index is 13.5. The fourth-order valence-electron chi connectivity index (χ4n) is 4.00. The minimum atomic E-state index is -3.95. The average Bonchev–Trinajstić information content (AvgIpc) is 2.78. The van der Waals surface area contributed by atoms with Crippen LogP contribution in [0.5, 0.6) is 0 Å². The first-order valence-electron chi connectivity index (χ1n) is 11.5. The van der Waals surface area contributed by atoms with Gasteiger partial charge in [-0.1, -0.05) is 48.6 Å². The van der Waals surface area contributed by atoms with Gasteiger partial charge in [0.2, 0.25) is 5.91 Å². The Labute approximate surface area is 202 Å². The molecule has 0 unspecified atom stereocenters. The zero-order chi connectivity index (χ0) is 23.8. The van der Waals surface area contributed by atoms with Gasteiger partial charge >= 0.3 is 0 Å². The lowest BCUT2D eigenvalue weighted by Crippen LogP contribution is -2.41. The van der Waals surface area contributed by atoms with E-state index in [1.165, 1.54) is 19.3 Å². The number of rotatable bonds is 10. The number of anilines is 1. The summed E-state index contributed by atoms with van der Waals surface area (Å²) in [6.07, 6.45) is 6.96. The Bertz CT molecular complexity index is 1030. The van der Waals surface area contributed by atoms with Gasteiger partial charge in [0.1, 0.15) is 6.54 Å². The van der Waals surface area contributed by atoms with Crippen LogP contribution in [0.2, 0.25) is 5.02 Å². The van der Waals surface area contributed by atoms with Gasteiger partial charge in [-0.15, -0.1) is 0 Å². The summed E-state index contributed by atoms with van der Waals surface area (Å²) in [6, 6.07) is 11.6. The molecule has 0 bridgehead atoms. The van der Waals surface area contributed by atoms with Crippen molar-refractivity contribution < 1.29 is 17.9 Å². The van der Waals surface area contributed by atoms with Crippen LogP contribution in [0, 0.1) is 13.8 Å². The van der Waals surface area contributed by atoms with E-state index in [1.807, 2.05) is 6.92 Å². The van der Waals surface area contributed by atoms with Gasteiger partial charge in [0, 0.05) is 18.2 Å². The van der Waals surface area contributed by atoms with E-state index in [-0.39, 0.29) is 17.3 Å². The zero-order valence-electron chi connectivity index (χ0n) is 19.3. The highest BCUT2D eigenvalue weighted by Crippen LogP contribution is 2.29. The van der Waals surface area contributed by atoms with E-state index < -0.39 is 10.0 Å². The van der Waals surface area contributed by atoms with Gasteiger partial charge in [0.25, 0.3) is 10.0 Å². The second-order valence-corrected chi connectivity index (χ2v) is 10.9. The summed E-state index contributed by atoms with van der Waals surface area (Å²) in [5.41, 5.74) is 2.05. The molecule has 180 valence electrons. The molecule has 1 aliphatic carbocycles. The Morgan fingerprint density at radius 3 is 2.45 bits per heavy atom. The lowest BCUT2D eigenvalue weighted by molar-refractivity contribution is -0.119. The highest BCUT2D eigenvalue weighted by molar-refractivity contribution is 7.92. The van der Waals surface area contributed by atoms with Crippen LogP contribution >= 0.6 is 11.6 Å². The van der Waals surface area contributed by atoms with E-state index in [0.29, 0.717) is 41.9 Å². The lowest BCUT2D eigenvalue weighted by atomic mass is 9.98. The smallest absolute Gasteiger partial charge is 0.264 e. The molecule has 2 aromatic rings. The third-order valence-electron chi connectivity index (χ3n) is 5.87. The summed E-state index contributed by atoms with van der Waals surface area (Å²) in [6.45, 7) is 4.38. The molecule has 1 N–H and O–H groups in total. The van der Waals surface area contributed by atoms with Gasteiger partial charge in [-0.25, -0.2) is 8.42 Å².